The number of aryl methyl sites for hydroxylation is 1. The zero-order valence-corrected chi connectivity index (χ0v) is 18.9. The molecule has 0 fully saturated rings. The summed E-state index contributed by atoms with van der Waals surface area (Å²) in [6.07, 6.45) is 0. The highest BCUT2D eigenvalue weighted by Gasteiger charge is 2.28. The molecule has 1 atom stereocenters. The van der Waals surface area contributed by atoms with E-state index in [1.54, 1.807) is 23.6 Å². The summed E-state index contributed by atoms with van der Waals surface area (Å²) in [5.41, 5.74) is 3.14. The maximum Gasteiger partial charge on any atom is 0.242 e. The quantitative estimate of drug-likeness (QED) is 0.691. The van der Waals surface area contributed by atoms with Gasteiger partial charge in [0.2, 0.25) is 11.8 Å². The van der Waals surface area contributed by atoms with Gasteiger partial charge in [0, 0.05) is 17.8 Å². The highest BCUT2D eigenvalue weighted by atomic mass is 32.2. The summed E-state index contributed by atoms with van der Waals surface area (Å²) in [6, 6.07) is 17.5. The van der Waals surface area contributed by atoms with Crippen LogP contribution in [-0.4, -0.2) is 34.0 Å². The monoisotopic (exact) mass is 412 g/mol. The number of nitrogens with one attached hydrogen (secondary N) is 1. The number of carbonyl (C=O) groups is 2. The van der Waals surface area contributed by atoms with Crippen molar-refractivity contribution in [3.05, 3.63) is 71.3 Å². The van der Waals surface area contributed by atoms with Gasteiger partial charge in [-0.15, -0.1) is 11.8 Å². The third kappa shape index (κ3) is 7.58. The lowest BCUT2D eigenvalue weighted by Crippen LogP contribution is -2.52. The first kappa shape index (κ1) is 23.0. The minimum atomic E-state index is -0.541. The van der Waals surface area contributed by atoms with Gasteiger partial charge in [-0.2, -0.15) is 0 Å². The zero-order chi connectivity index (χ0) is 21.4. The van der Waals surface area contributed by atoms with Gasteiger partial charge in [-0.05, 0) is 51.3 Å². The summed E-state index contributed by atoms with van der Waals surface area (Å²) in [4.78, 5) is 27.5. The molecule has 4 nitrogen and oxygen atoms in total. The number of benzene rings is 2. The number of nitrogens with zero attached hydrogens (tertiary/aromatic N) is 1. The molecule has 1 N–H and O–H groups in total. The molecular formula is C24H32N2O2S. The van der Waals surface area contributed by atoms with Crippen LogP contribution >= 0.6 is 11.8 Å². The second kappa shape index (κ2) is 10.5. The van der Waals surface area contributed by atoms with Gasteiger partial charge in [-0.25, -0.2) is 0 Å². The van der Waals surface area contributed by atoms with Gasteiger partial charge in [0.05, 0.1) is 5.75 Å². The minimum Gasteiger partial charge on any atom is -0.350 e. The lowest BCUT2D eigenvalue weighted by molar-refractivity contribution is -0.139. The molecule has 0 radical (unpaired) electrons. The topological polar surface area (TPSA) is 49.4 Å². The van der Waals surface area contributed by atoms with E-state index in [1.165, 1.54) is 11.1 Å². The van der Waals surface area contributed by atoms with Crippen LogP contribution in [0.25, 0.3) is 0 Å². The normalized spacial score (nSPS) is 12.3. The largest absolute Gasteiger partial charge is 0.350 e. The van der Waals surface area contributed by atoms with Gasteiger partial charge in [-0.3, -0.25) is 9.59 Å². The van der Waals surface area contributed by atoms with Gasteiger partial charge >= 0.3 is 0 Å². The molecule has 2 rings (SSSR count). The number of hydrogen-bond acceptors (Lipinski definition) is 3. The van der Waals surface area contributed by atoms with Gasteiger partial charge in [-0.1, -0.05) is 54.6 Å². The van der Waals surface area contributed by atoms with Crippen molar-refractivity contribution in [1.29, 1.82) is 0 Å². The molecular weight excluding hydrogens is 380 g/mol. The lowest BCUT2D eigenvalue weighted by atomic mass is 10.1. The van der Waals surface area contributed by atoms with Crippen LogP contribution in [0.3, 0.4) is 0 Å². The lowest BCUT2D eigenvalue weighted by Gasteiger charge is -2.31. The molecule has 2 aromatic rings. The molecule has 29 heavy (non-hydrogen) atoms. The van der Waals surface area contributed by atoms with Crippen LogP contribution in [0.4, 0.5) is 0 Å². The first-order valence-electron chi connectivity index (χ1n) is 9.95. The van der Waals surface area contributed by atoms with Crippen LogP contribution in [0.1, 0.15) is 44.4 Å². The average molecular weight is 413 g/mol. The summed E-state index contributed by atoms with van der Waals surface area (Å²) in [5.74, 6) is 0.962. The fourth-order valence-electron chi connectivity index (χ4n) is 2.94. The van der Waals surface area contributed by atoms with Gasteiger partial charge < -0.3 is 10.2 Å². The van der Waals surface area contributed by atoms with E-state index in [-0.39, 0.29) is 17.4 Å². The molecule has 5 heteroatoms. The van der Waals surface area contributed by atoms with Crippen LogP contribution in [0.15, 0.2) is 54.6 Å². The van der Waals surface area contributed by atoms with E-state index in [0.717, 1.165) is 11.3 Å². The van der Waals surface area contributed by atoms with Crippen LogP contribution in [0, 0.1) is 6.92 Å². The second-order valence-electron chi connectivity index (χ2n) is 8.34. The van der Waals surface area contributed by atoms with Crippen molar-refractivity contribution in [3.8, 4) is 0 Å². The van der Waals surface area contributed by atoms with E-state index in [4.69, 9.17) is 0 Å². The third-order valence-electron chi connectivity index (χ3n) is 4.61. The molecule has 2 amide bonds. The van der Waals surface area contributed by atoms with Crippen molar-refractivity contribution in [2.45, 2.75) is 58.5 Å². The van der Waals surface area contributed by atoms with Crippen LogP contribution in [0.5, 0.6) is 0 Å². The predicted molar refractivity (Wildman–Crippen MR) is 122 cm³/mol. The highest BCUT2D eigenvalue weighted by molar-refractivity contribution is 7.99. The Balaban J connectivity index is 2.07. The van der Waals surface area contributed by atoms with E-state index in [0.29, 0.717) is 12.3 Å². The Hall–Kier alpha value is -2.27. The Morgan fingerprint density at radius 1 is 1.03 bits per heavy atom. The maximum absolute atomic E-state index is 13.1. The van der Waals surface area contributed by atoms with Crippen LogP contribution in [-0.2, 0) is 21.9 Å². The molecule has 0 bridgehead atoms. The van der Waals surface area contributed by atoms with E-state index < -0.39 is 6.04 Å². The van der Waals surface area contributed by atoms with Crippen molar-refractivity contribution in [2.24, 2.45) is 0 Å². The number of rotatable bonds is 8. The van der Waals surface area contributed by atoms with Crippen molar-refractivity contribution in [1.82, 2.24) is 10.2 Å². The Morgan fingerprint density at radius 2 is 1.66 bits per heavy atom. The molecule has 1 unspecified atom stereocenters. The molecule has 0 aliphatic rings. The van der Waals surface area contributed by atoms with E-state index in [2.05, 4.69) is 24.4 Å². The number of amides is 2. The van der Waals surface area contributed by atoms with Gasteiger partial charge in [0.15, 0.2) is 0 Å². The summed E-state index contributed by atoms with van der Waals surface area (Å²) >= 11 is 1.59. The number of thioether (sulfide) groups is 1. The molecule has 2 aromatic carbocycles. The summed E-state index contributed by atoms with van der Waals surface area (Å²) in [7, 11) is 0. The first-order chi connectivity index (χ1) is 13.7. The fourth-order valence-corrected chi connectivity index (χ4v) is 3.93. The van der Waals surface area contributed by atoms with Crippen molar-refractivity contribution < 1.29 is 9.59 Å². The smallest absolute Gasteiger partial charge is 0.242 e. The molecule has 0 spiro atoms. The van der Waals surface area contributed by atoms with Crippen molar-refractivity contribution in [2.75, 3.05) is 5.75 Å². The fraction of sp³-hybridized carbons (Fsp3) is 0.417. The minimum absolute atomic E-state index is 0.0241. The Morgan fingerprint density at radius 3 is 2.28 bits per heavy atom. The van der Waals surface area contributed by atoms with Crippen molar-refractivity contribution >= 4 is 23.6 Å². The van der Waals surface area contributed by atoms with E-state index in [9.17, 15) is 9.59 Å². The van der Waals surface area contributed by atoms with Crippen LogP contribution in [0.2, 0.25) is 0 Å². The summed E-state index contributed by atoms with van der Waals surface area (Å²) < 4.78 is 0. The number of hydrogen-bond donors (Lipinski definition) is 1. The Bertz CT molecular complexity index is 815. The predicted octanol–water partition coefficient (Wildman–Crippen LogP) is 4.56. The first-order valence-corrected chi connectivity index (χ1v) is 11.1. The van der Waals surface area contributed by atoms with Gasteiger partial charge in [0.25, 0.3) is 0 Å². The van der Waals surface area contributed by atoms with Crippen molar-refractivity contribution in [3.63, 3.8) is 0 Å². The molecule has 0 saturated carbocycles. The Kier molecular flexibility index (Phi) is 8.32. The Labute approximate surface area is 179 Å². The van der Waals surface area contributed by atoms with E-state index in [1.807, 2.05) is 63.2 Å². The molecule has 0 aliphatic carbocycles. The second-order valence-corrected chi connectivity index (χ2v) is 9.33. The van der Waals surface area contributed by atoms with Gasteiger partial charge in [0.1, 0.15) is 6.04 Å². The summed E-state index contributed by atoms with van der Waals surface area (Å²) in [6.45, 7) is 10.1. The van der Waals surface area contributed by atoms with Crippen LogP contribution < -0.4 is 5.32 Å². The molecule has 0 aromatic heterocycles. The highest BCUT2D eigenvalue weighted by Crippen LogP contribution is 2.18. The average Bonchev–Trinajstić information content (AvgIpc) is 2.66. The zero-order valence-electron chi connectivity index (χ0n) is 18.1. The third-order valence-corrected chi connectivity index (χ3v) is 5.57. The maximum atomic E-state index is 13.1. The molecule has 0 heterocycles. The summed E-state index contributed by atoms with van der Waals surface area (Å²) in [5, 5.41) is 2.99. The SMILES string of the molecule is Cc1ccccc1CSCC(=O)N(Cc1ccccc1)C(C)C(=O)NC(C)(C)C. The molecule has 0 aliphatic heterocycles. The van der Waals surface area contributed by atoms with E-state index >= 15 is 0 Å². The molecule has 0 saturated heterocycles. The standard InChI is InChI=1S/C24H32N2O2S/c1-18-11-9-10-14-21(18)16-29-17-22(27)26(15-20-12-7-6-8-13-20)19(2)23(28)25-24(3,4)5/h6-14,19H,15-17H2,1-5H3,(H,25,28). The molecule has 156 valence electrons. The number of carbonyl (C=O) groups excluding carboxylic acids is 2.